The maximum Gasteiger partial charge on any atom is 0.227 e. The van der Waals surface area contributed by atoms with Crippen LogP contribution in [0.25, 0.3) is 6.08 Å². The van der Waals surface area contributed by atoms with Crippen molar-refractivity contribution in [3.8, 4) is 0 Å². The number of carbonyl (C=O) groups is 3. The van der Waals surface area contributed by atoms with Gasteiger partial charge in [-0.25, -0.2) is 0 Å². The second kappa shape index (κ2) is 7.13. The number of hydrogen-bond donors (Lipinski definition) is 0. The van der Waals surface area contributed by atoms with E-state index >= 15 is 0 Å². The Labute approximate surface area is 145 Å². The molecule has 1 saturated heterocycles. The van der Waals surface area contributed by atoms with E-state index in [0.29, 0.717) is 18.5 Å². The fourth-order valence-electron chi connectivity index (χ4n) is 2.73. The normalized spacial score (nSPS) is 14.2. The molecule has 1 aliphatic heterocycles. The van der Waals surface area contributed by atoms with Gasteiger partial charge in [0, 0.05) is 24.2 Å². The highest BCUT2D eigenvalue weighted by Crippen LogP contribution is 2.21. The zero-order valence-electron chi connectivity index (χ0n) is 13.5. The van der Waals surface area contributed by atoms with E-state index in [9.17, 15) is 19.5 Å². The highest BCUT2D eigenvalue weighted by atomic mass is 16.4. The van der Waals surface area contributed by atoms with E-state index in [1.54, 1.807) is 47.4 Å². The molecular weight excluding hydrogens is 318 g/mol. The van der Waals surface area contributed by atoms with Gasteiger partial charge in [-0.1, -0.05) is 30.3 Å². The molecule has 1 heterocycles. The summed E-state index contributed by atoms with van der Waals surface area (Å²) in [5.41, 5.74) is 2.15. The van der Waals surface area contributed by atoms with E-state index in [-0.39, 0.29) is 17.3 Å². The lowest BCUT2D eigenvalue weighted by atomic mass is 10.1. The molecule has 5 heteroatoms. The largest absolute Gasteiger partial charge is 0.545 e. The highest BCUT2D eigenvalue weighted by molar-refractivity contribution is 6.07. The Bertz CT molecular complexity index is 835. The van der Waals surface area contributed by atoms with Crippen molar-refractivity contribution in [2.24, 2.45) is 0 Å². The van der Waals surface area contributed by atoms with Gasteiger partial charge in [0.1, 0.15) is 0 Å². The number of nitrogens with zero attached hydrogens (tertiary/aromatic N) is 1. The van der Waals surface area contributed by atoms with Crippen LogP contribution in [-0.4, -0.2) is 24.2 Å². The topological polar surface area (TPSA) is 77.5 Å². The number of anilines is 1. The number of ketones is 1. The van der Waals surface area contributed by atoms with Crippen LogP contribution in [0.5, 0.6) is 0 Å². The van der Waals surface area contributed by atoms with Crippen LogP contribution in [0.1, 0.15) is 39.1 Å². The molecule has 1 amide bonds. The molecule has 126 valence electrons. The second-order valence-corrected chi connectivity index (χ2v) is 5.80. The summed E-state index contributed by atoms with van der Waals surface area (Å²) in [6, 6.07) is 13.0. The van der Waals surface area contributed by atoms with Gasteiger partial charge >= 0.3 is 0 Å². The van der Waals surface area contributed by atoms with Crippen molar-refractivity contribution in [1.29, 1.82) is 0 Å². The summed E-state index contributed by atoms with van der Waals surface area (Å²) in [5.74, 6) is -1.29. The number of amides is 1. The molecule has 0 N–H and O–H groups in total. The predicted octanol–water partition coefficient (Wildman–Crippen LogP) is 2.07. The minimum atomic E-state index is -1.23. The third-order valence-electron chi connectivity index (χ3n) is 4.11. The highest BCUT2D eigenvalue weighted by Gasteiger charge is 2.21. The number of benzene rings is 2. The Morgan fingerprint density at radius 1 is 0.960 bits per heavy atom. The van der Waals surface area contributed by atoms with Crippen LogP contribution in [0.15, 0.2) is 54.6 Å². The molecule has 3 rings (SSSR count). The van der Waals surface area contributed by atoms with E-state index < -0.39 is 5.97 Å². The summed E-state index contributed by atoms with van der Waals surface area (Å²) in [4.78, 5) is 36.4. The zero-order valence-corrected chi connectivity index (χ0v) is 13.5. The molecule has 0 atom stereocenters. The fraction of sp³-hybridized carbons (Fsp3) is 0.150. The monoisotopic (exact) mass is 334 g/mol. The van der Waals surface area contributed by atoms with Gasteiger partial charge in [-0.2, -0.15) is 0 Å². The van der Waals surface area contributed by atoms with E-state index in [1.807, 2.05) is 0 Å². The number of allylic oxidation sites excluding steroid dienone is 1. The Balaban J connectivity index is 1.68. The number of carboxylic acid groups (broad SMARTS) is 1. The fourth-order valence-corrected chi connectivity index (χ4v) is 2.73. The van der Waals surface area contributed by atoms with E-state index in [0.717, 1.165) is 17.7 Å². The quantitative estimate of drug-likeness (QED) is 0.619. The maximum absolute atomic E-state index is 12.2. The molecule has 25 heavy (non-hydrogen) atoms. The number of aromatic carboxylic acids is 1. The third-order valence-corrected chi connectivity index (χ3v) is 4.11. The minimum absolute atomic E-state index is 0.0931. The lowest BCUT2D eigenvalue weighted by molar-refractivity contribution is -0.255. The molecule has 5 nitrogen and oxygen atoms in total. The van der Waals surface area contributed by atoms with Gasteiger partial charge in [0.05, 0.1) is 5.97 Å². The van der Waals surface area contributed by atoms with E-state index in [4.69, 9.17) is 0 Å². The molecule has 0 aromatic heterocycles. The smallest absolute Gasteiger partial charge is 0.227 e. The molecule has 0 radical (unpaired) electrons. The average Bonchev–Trinajstić information content (AvgIpc) is 3.06. The summed E-state index contributed by atoms with van der Waals surface area (Å²) in [5, 5.41) is 10.7. The van der Waals surface area contributed by atoms with Gasteiger partial charge in [-0.15, -0.1) is 0 Å². The summed E-state index contributed by atoms with van der Waals surface area (Å²) in [7, 11) is 0. The molecule has 1 fully saturated rings. The van der Waals surface area contributed by atoms with Crippen molar-refractivity contribution >= 4 is 29.4 Å². The van der Waals surface area contributed by atoms with Gasteiger partial charge < -0.3 is 14.8 Å². The lowest BCUT2D eigenvalue weighted by Crippen LogP contribution is -2.23. The first kappa shape index (κ1) is 16.6. The first-order chi connectivity index (χ1) is 12.0. The zero-order chi connectivity index (χ0) is 17.8. The van der Waals surface area contributed by atoms with Crippen LogP contribution in [0.4, 0.5) is 5.69 Å². The Kier molecular flexibility index (Phi) is 4.75. The summed E-state index contributed by atoms with van der Waals surface area (Å²) < 4.78 is 0. The molecular formula is C20H16NO4-. The Morgan fingerprint density at radius 3 is 2.16 bits per heavy atom. The number of carboxylic acids is 1. The molecule has 2 aromatic carbocycles. The van der Waals surface area contributed by atoms with Crippen LogP contribution < -0.4 is 10.0 Å². The van der Waals surface area contributed by atoms with Crippen molar-refractivity contribution in [2.45, 2.75) is 12.8 Å². The number of hydrogen-bond acceptors (Lipinski definition) is 4. The molecule has 0 unspecified atom stereocenters. The summed E-state index contributed by atoms with van der Waals surface area (Å²) in [6.45, 7) is 0.716. The average molecular weight is 334 g/mol. The van der Waals surface area contributed by atoms with Crippen molar-refractivity contribution in [3.05, 3.63) is 71.3 Å². The Hall–Kier alpha value is -3.21. The van der Waals surface area contributed by atoms with Crippen molar-refractivity contribution < 1.29 is 19.5 Å². The van der Waals surface area contributed by atoms with Gasteiger partial charge in [0.25, 0.3) is 0 Å². The van der Waals surface area contributed by atoms with E-state index in [2.05, 4.69) is 0 Å². The first-order valence-electron chi connectivity index (χ1n) is 7.99. The second-order valence-electron chi connectivity index (χ2n) is 5.80. The van der Waals surface area contributed by atoms with Crippen LogP contribution >= 0.6 is 0 Å². The van der Waals surface area contributed by atoms with Gasteiger partial charge in [-0.3, -0.25) is 9.59 Å². The molecule has 2 aromatic rings. The van der Waals surface area contributed by atoms with Crippen molar-refractivity contribution in [2.75, 3.05) is 11.4 Å². The van der Waals surface area contributed by atoms with E-state index in [1.165, 1.54) is 18.2 Å². The SMILES string of the molecule is O=C([O-])c1ccc(/C=C/C(=O)c2ccc(N3CCCC3=O)cc2)cc1. The van der Waals surface area contributed by atoms with Crippen molar-refractivity contribution in [3.63, 3.8) is 0 Å². The van der Waals surface area contributed by atoms with Crippen molar-refractivity contribution in [1.82, 2.24) is 0 Å². The maximum atomic E-state index is 12.2. The van der Waals surface area contributed by atoms with Gasteiger partial charge in [-0.05, 0) is 47.9 Å². The number of carbonyl (C=O) groups excluding carboxylic acids is 3. The number of rotatable bonds is 5. The molecule has 0 saturated carbocycles. The molecule has 1 aliphatic rings. The van der Waals surface area contributed by atoms with Crippen LogP contribution in [-0.2, 0) is 4.79 Å². The predicted molar refractivity (Wildman–Crippen MR) is 92.2 cm³/mol. The van der Waals surface area contributed by atoms with Crippen LogP contribution in [0.2, 0.25) is 0 Å². The summed E-state index contributed by atoms with van der Waals surface area (Å²) in [6.07, 6.45) is 4.49. The van der Waals surface area contributed by atoms with Crippen LogP contribution in [0.3, 0.4) is 0 Å². The van der Waals surface area contributed by atoms with Gasteiger partial charge in [0.15, 0.2) is 5.78 Å². The molecule has 0 spiro atoms. The molecule has 0 bridgehead atoms. The standard InChI is InChI=1S/C20H17NO4/c22-18(12-5-14-3-6-16(7-4-14)20(24)25)15-8-10-17(11-9-15)21-13-1-2-19(21)23/h3-12H,1-2,13H2,(H,24,25)/p-1/b12-5+. The van der Waals surface area contributed by atoms with Gasteiger partial charge in [0.2, 0.25) is 5.91 Å². The van der Waals surface area contributed by atoms with Crippen LogP contribution in [0, 0.1) is 0 Å². The lowest BCUT2D eigenvalue weighted by Gasteiger charge is -2.15. The first-order valence-corrected chi connectivity index (χ1v) is 7.99. The molecule has 0 aliphatic carbocycles. The Morgan fingerprint density at radius 2 is 1.60 bits per heavy atom. The summed E-state index contributed by atoms with van der Waals surface area (Å²) >= 11 is 0. The minimum Gasteiger partial charge on any atom is -0.545 e. The third kappa shape index (κ3) is 3.83.